The molecule has 104 valence electrons. The molecular formula is C14H10F3NO2. The number of benzene rings is 2. The standard InChI is InChI=1S/C14H10F3NO2/c15-14(16,17)20-13-7-3-11(4-8-13)18-9-10-1-5-12(19)6-2-10/h1-9,19H. The summed E-state index contributed by atoms with van der Waals surface area (Å²) in [6.45, 7) is 0. The van der Waals surface area contributed by atoms with Gasteiger partial charge in [0.15, 0.2) is 0 Å². The molecule has 3 nitrogen and oxygen atoms in total. The highest BCUT2D eigenvalue weighted by atomic mass is 19.4. The molecule has 0 fully saturated rings. The predicted octanol–water partition coefficient (Wildman–Crippen LogP) is 4.04. The SMILES string of the molecule is Oc1ccc(C=Nc2ccc(OC(F)(F)F)cc2)cc1. The second-order valence-electron chi connectivity index (χ2n) is 3.89. The van der Waals surface area contributed by atoms with Gasteiger partial charge in [-0.05, 0) is 54.1 Å². The van der Waals surface area contributed by atoms with Crippen LogP contribution in [0.4, 0.5) is 18.9 Å². The molecule has 2 rings (SSSR count). The van der Waals surface area contributed by atoms with Crippen molar-refractivity contribution in [2.75, 3.05) is 0 Å². The highest BCUT2D eigenvalue weighted by Gasteiger charge is 2.30. The van der Waals surface area contributed by atoms with Gasteiger partial charge in [0.25, 0.3) is 0 Å². The summed E-state index contributed by atoms with van der Waals surface area (Å²) in [5.41, 5.74) is 1.26. The van der Waals surface area contributed by atoms with Gasteiger partial charge < -0.3 is 9.84 Å². The second kappa shape index (κ2) is 5.64. The Morgan fingerprint density at radius 2 is 1.55 bits per heavy atom. The van der Waals surface area contributed by atoms with Gasteiger partial charge in [-0.2, -0.15) is 0 Å². The maximum absolute atomic E-state index is 12.0. The van der Waals surface area contributed by atoms with Crippen LogP contribution in [0, 0.1) is 0 Å². The van der Waals surface area contributed by atoms with Crippen molar-refractivity contribution in [1.82, 2.24) is 0 Å². The third-order valence-corrected chi connectivity index (χ3v) is 2.33. The number of hydrogen-bond acceptors (Lipinski definition) is 3. The first-order valence-corrected chi connectivity index (χ1v) is 5.61. The Labute approximate surface area is 113 Å². The van der Waals surface area contributed by atoms with Gasteiger partial charge in [0.05, 0.1) is 5.69 Å². The zero-order valence-corrected chi connectivity index (χ0v) is 10.1. The van der Waals surface area contributed by atoms with E-state index in [1.807, 2.05) is 0 Å². The van der Waals surface area contributed by atoms with E-state index >= 15 is 0 Å². The van der Waals surface area contributed by atoms with Crippen LogP contribution in [0.3, 0.4) is 0 Å². The van der Waals surface area contributed by atoms with Crippen molar-refractivity contribution in [2.45, 2.75) is 6.36 Å². The molecule has 0 aromatic heterocycles. The van der Waals surface area contributed by atoms with Crippen molar-refractivity contribution in [2.24, 2.45) is 4.99 Å². The van der Waals surface area contributed by atoms with Gasteiger partial charge in [-0.25, -0.2) is 0 Å². The molecular weight excluding hydrogens is 271 g/mol. The van der Waals surface area contributed by atoms with Crippen LogP contribution in [0.1, 0.15) is 5.56 Å². The molecule has 0 aliphatic carbocycles. The smallest absolute Gasteiger partial charge is 0.508 e. The van der Waals surface area contributed by atoms with Crippen molar-refractivity contribution < 1.29 is 23.0 Å². The molecule has 0 heterocycles. The van der Waals surface area contributed by atoms with Gasteiger partial charge in [0.2, 0.25) is 0 Å². The minimum Gasteiger partial charge on any atom is -0.508 e. The number of rotatable bonds is 3. The summed E-state index contributed by atoms with van der Waals surface area (Å²) >= 11 is 0. The number of hydrogen-bond donors (Lipinski definition) is 1. The van der Waals surface area contributed by atoms with Crippen LogP contribution in [-0.2, 0) is 0 Å². The van der Waals surface area contributed by atoms with Crippen LogP contribution >= 0.6 is 0 Å². The minimum atomic E-state index is -4.70. The topological polar surface area (TPSA) is 41.8 Å². The molecule has 0 aliphatic rings. The molecule has 0 bridgehead atoms. The van der Waals surface area contributed by atoms with E-state index in [2.05, 4.69) is 9.73 Å². The third-order valence-electron chi connectivity index (χ3n) is 2.33. The fourth-order valence-electron chi connectivity index (χ4n) is 1.44. The van der Waals surface area contributed by atoms with E-state index in [1.54, 1.807) is 18.3 Å². The van der Waals surface area contributed by atoms with Crippen molar-refractivity contribution >= 4 is 11.9 Å². The lowest BCUT2D eigenvalue weighted by atomic mass is 10.2. The van der Waals surface area contributed by atoms with E-state index in [1.165, 1.54) is 36.4 Å². The van der Waals surface area contributed by atoms with E-state index in [-0.39, 0.29) is 11.5 Å². The summed E-state index contributed by atoms with van der Waals surface area (Å²) in [5, 5.41) is 9.12. The van der Waals surface area contributed by atoms with Crippen molar-refractivity contribution in [3.8, 4) is 11.5 Å². The summed E-state index contributed by atoms with van der Waals surface area (Å²) < 4.78 is 39.7. The Bertz CT molecular complexity index is 589. The lowest BCUT2D eigenvalue weighted by Gasteiger charge is -2.08. The summed E-state index contributed by atoms with van der Waals surface area (Å²) in [6, 6.07) is 11.6. The summed E-state index contributed by atoms with van der Waals surface area (Å²) in [5.74, 6) is -0.142. The number of aromatic hydroxyl groups is 1. The largest absolute Gasteiger partial charge is 0.573 e. The van der Waals surface area contributed by atoms with Crippen molar-refractivity contribution in [3.05, 3.63) is 54.1 Å². The van der Waals surface area contributed by atoms with E-state index in [9.17, 15) is 13.2 Å². The van der Waals surface area contributed by atoms with Crippen LogP contribution in [0.15, 0.2) is 53.5 Å². The Morgan fingerprint density at radius 3 is 2.10 bits per heavy atom. The number of phenols is 1. The van der Waals surface area contributed by atoms with Crippen LogP contribution < -0.4 is 4.74 Å². The van der Waals surface area contributed by atoms with Gasteiger partial charge in [0.1, 0.15) is 11.5 Å². The molecule has 0 saturated heterocycles. The molecule has 20 heavy (non-hydrogen) atoms. The first-order chi connectivity index (χ1) is 9.42. The predicted molar refractivity (Wildman–Crippen MR) is 68.5 cm³/mol. The number of nitrogens with zero attached hydrogens (tertiary/aromatic N) is 1. The highest BCUT2D eigenvalue weighted by Crippen LogP contribution is 2.24. The normalized spacial score (nSPS) is 11.8. The first-order valence-electron chi connectivity index (χ1n) is 5.61. The van der Waals surface area contributed by atoms with Crippen LogP contribution in [0.2, 0.25) is 0 Å². The molecule has 2 aromatic carbocycles. The number of alkyl halides is 3. The van der Waals surface area contributed by atoms with Gasteiger partial charge in [-0.1, -0.05) is 0 Å². The molecule has 0 atom stereocenters. The van der Waals surface area contributed by atoms with Crippen molar-refractivity contribution in [1.29, 1.82) is 0 Å². The zero-order chi connectivity index (χ0) is 14.6. The Morgan fingerprint density at radius 1 is 0.950 bits per heavy atom. The minimum absolute atomic E-state index is 0.149. The maximum Gasteiger partial charge on any atom is 0.573 e. The highest BCUT2D eigenvalue weighted by molar-refractivity contribution is 5.82. The lowest BCUT2D eigenvalue weighted by Crippen LogP contribution is -2.16. The summed E-state index contributed by atoms with van der Waals surface area (Å²) in [6.07, 6.45) is -3.16. The second-order valence-corrected chi connectivity index (χ2v) is 3.89. The van der Waals surface area contributed by atoms with E-state index < -0.39 is 6.36 Å². The van der Waals surface area contributed by atoms with Crippen LogP contribution in [0.5, 0.6) is 11.5 Å². The van der Waals surface area contributed by atoms with Crippen LogP contribution in [0.25, 0.3) is 0 Å². The molecule has 2 aromatic rings. The van der Waals surface area contributed by atoms with E-state index in [4.69, 9.17) is 5.11 Å². The quantitative estimate of drug-likeness (QED) is 0.863. The molecule has 0 aliphatic heterocycles. The van der Waals surface area contributed by atoms with Gasteiger partial charge in [0, 0.05) is 6.21 Å². The zero-order valence-electron chi connectivity index (χ0n) is 10.1. The Hall–Kier alpha value is -2.50. The van der Waals surface area contributed by atoms with E-state index in [0.717, 1.165) is 5.56 Å². The van der Waals surface area contributed by atoms with Gasteiger partial charge in [-0.3, -0.25) is 4.99 Å². The van der Waals surface area contributed by atoms with Crippen LogP contribution in [-0.4, -0.2) is 17.7 Å². The Kier molecular flexibility index (Phi) is 3.93. The molecule has 6 heteroatoms. The molecule has 1 N–H and O–H groups in total. The summed E-state index contributed by atoms with van der Waals surface area (Å²) in [4.78, 5) is 4.10. The Balaban J connectivity index is 2.05. The average Bonchev–Trinajstić information content (AvgIpc) is 2.38. The monoisotopic (exact) mass is 281 g/mol. The molecule has 0 saturated carbocycles. The first kappa shape index (κ1) is 13.9. The maximum atomic E-state index is 12.0. The average molecular weight is 281 g/mol. The number of phenolic OH excluding ortho intramolecular Hbond substituents is 1. The molecule has 0 amide bonds. The fraction of sp³-hybridized carbons (Fsp3) is 0.0714. The van der Waals surface area contributed by atoms with Gasteiger partial charge >= 0.3 is 6.36 Å². The molecule has 0 radical (unpaired) electrons. The lowest BCUT2D eigenvalue weighted by molar-refractivity contribution is -0.274. The molecule has 0 spiro atoms. The molecule has 0 unspecified atom stereocenters. The fourth-order valence-corrected chi connectivity index (χ4v) is 1.44. The van der Waals surface area contributed by atoms with E-state index in [0.29, 0.717) is 5.69 Å². The van der Waals surface area contributed by atoms with Gasteiger partial charge in [-0.15, -0.1) is 13.2 Å². The number of halogens is 3. The summed E-state index contributed by atoms with van der Waals surface area (Å²) in [7, 11) is 0. The number of aliphatic imine (C=N–C) groups is 1. The number of ether oxygens (including phenoxy) is 1. The van der Waals surface area contributed by atoms with Crippen molar-refractivity contribution in [3.63, 3.8) is 0 Å². The third kappa shape index (κ3) is 4.31.